The van der Waals surface area contributed by atoms with Crippen LogP contribution in [0.15, 0.2) is 34.9 Å². The van der Waals surface area contributed by atoms with Gasteiger partial charge in [-0.3, -0.25) is 10.1 Å². The topological polar surface area (TPSA) is 64.0 Å². The van der Waals surface area contributed by atoms with Gasteiger partial charge in [-0.1, -0.05) is 49.7 Å². The van der Waals surface area contributed by atoms with Crippen molar-refractivity contribution in [2.45, 2.75) is 32.7 Å². The SMILES string of the molecule is CC(C)(C)c1cc(NC(=O)C[NH+]2CC[NH+](Cc3cccc(Cl)c3)CC2)on1. The second-order valence-corrected chi connectivity index (χ2v) is 8.79. The smallest absolute Gasteiger partial charge is 0.281 e. The first-order chi connectivity index (χ1) is 12.8. The summed E-state index contributed by atoms with van der Waals surface area (Å²) in [6, 6.07) is 9.86. The summed E-state index contributed by atoms with van der Waals surface area (Å²) in [6.45, 7) is 11.7. The van der Waals surface area contributed by atoms with Crippen LogP contribution in [0.5, 0.6) is 0 Å². The van der Waals surface area contributed by atoms with Crippen molar-refractivity contribution in [1.29, 1.82) is 0 Å². The highest BCUT2D eigenvalue weighted by atomic mass is 35.5. The molecule has 1 amide bonds. The van der Waals surface area contributed by atoms with Gasteiger partial charge in [0.25, 0.3) is 5.91 Å². The largest absolute Gasteiger partial charge is 0.338 e. The Labute approximate surface area is 165 Å². The Balaban J connectivity index is 1.43. The van der Waals surface area contributed by atoms with Gasteiger partial charge in [-0.05, 0) is 12.1 Å². The van der Waals surface area contributed by atoms with Crippen LogP contribution >= 0.6 is 11.6 Å². The predicted octanol–water partition coefficient (Wildman–Crippen LogP) is 0.548. The minimum atomic E-state index is -0.0974. The zero-order valence-electron chi connectivity index (χ0n) is 16.3. The molecule has 1 fully saturated rings. The molecule has 0 saturated carbocycles. The summed E-state index contributed by atoms with van der Waals surface area (Å²) in [6.07, 6.45) is 0. The van der Waals surface area contributed by atoms with Crippen LogP contribution in [0.1, 0.15) is 32.0 Å². The molecule has 0 radical (unpaired) electrons. The Morgan fingerprint density at radius 1 is 1.19 bits per heavy atom. The van der Waals surface area contributed by atoms with Gasteiger partial charge in [0.15, 0.2) is 6.54 Å². The molecule has 1 saturated heterocycles. The predicted molar refractivity (Wildman–Crippen MR) is 105 cm³/mol. The summed E-state index contributed by atoms with van der Waals surface area (Å²) in [7, 11) is 0. The standard InChI is InChI=1S/C20H27ClN4O2/c1-20(2,3)17-12-19(27-23-17)22-18(26)14-25-9-7-24(8-10-25)13-15-5-4-6-16(21)11-15/h4-6,11-12H,7-10,13-14H2,1-3H3,(H,22,26)/p+2. The highest BCUT2D eigenvalue weighted by Gasteiger charge is 2.26. The van der Waals surface area contributed by atoms with Gasteiger partial charge in [0, 0.05) is 22.1 Å². The number of carbonyl (C=O) groups is 1. The number of amides is 1. The number of nitrogens with zero attached hydrogens (tertiary/aromatic N) is 1. The van der Waals surface area contributed by atoms with E-state index in [4.69, 9.17) is 16.1 Å². The van der Waals surface area contributed by atoms with Gasteiger partial charge < -0.3 is 14.3 Å². The van der Waals surface area contributed by atoms with Crippen LogP contribution < -0.4 is 15.1 Å². The number of hydrogen-bond donors (Lipinski definition) is 3. The maximum Gasteiger partial charge on any atom is 0.281 e. The van der Waals surface area contributed by atoms with Crippen LogP contribution in [0, 0.1) is 0 Å². The van der Waals surface area contributed by atoms with E-state index in [2.05, 4.69) is 37.3 Å². The van der Waals surface area contributed by atoms with Gasteiger partial charge in [0.1, 0.15) is 32.7 Å². The lowest BCUT2D eigenvalue weighted by atomic mass is 9.92. The Kier molecular flexibility index (Phi) is 6.19. The lowest BCUT2D eigenvalue weighted by Gasteiger charge is -2.29. The molecule has 0 unspecified atom stereocenters. The average molecular weight is 393 g/mol. The maximum atomic E-state index is 12.3. The number of nitrogens with one attached hydrogen (secondary N) is 3. The first-order valence-corrected chi connectivity index (χ1v) is 9.86. The van der Waals surface area contributed by atoms with Crippen molar-refractivity contribution in [3.05, 3.63) is 46.6 Å². The molecule has 0 bridgehead atoms. The zero-order valence-corrected chi connectivity index (χ0v) is 17.0. The third-order valence-electron chi connectivity index (χ3n) is 4.96. The first kappa shape index (κ1) is 19.9. The number of carbonyl (C=O) groups excluding carboxylic acids is 1. The van der Waals surface area contributed by atoms with Gasteiger partial charge in [-0.2, -0.15) is 0 Å². The zero-order chi connectivity index (χ0) is 19.4. The first-order valence-electron chi connectivity index (χ1n) is 9.48. The quantitative estimate of drug-likeness (QED) is 0.696. The number of anilines is 1. The van der Waals surface area contributed by atoms with E-state index >= 15 is 0 Å². The number of aromatic nitrogens is 1. The van der Waals surface area contributed by atoms with E-state index in [1.165, 1.54) is 15.4 Å². The Bertz CT molecular complexity index is 776. The molecule has 6 nitrogen and oxygen atoms in total. The molecule has 27 heavy (non-hydrogen) atoms. The molecule has 1 aliphatic heterocycles. The average Bonchev–Trinajstić information content (AvgIpc) is 3.05. The lowest BCUT2D eigenvalue weighted by Crippen LogP contribution is -3.28. The number of hydrogen-bond acceptors (Lipinski definition) is 3. The van der Waals surface area contributed by atoms with Gasteiger partial charge in [-0.15, -0.1) is 0 Å². The third-order valence-corrected chi connectivity index (χ3v) is 5.19. The third kappa shape index (κ3) is 5.79. The lowest BCUT2D eigenvalue weighted by molar-refractivity contribution is -1.02. The molecule has 2 aromatic rings. The fraction of sp³-hybridized carbons (Fsp3) is 0.500. The fourth-order valence-corrected chi connectivity index (χ4v) is 3.56. The molecule has 0 spiro atoms. The van der Waals surface area contributed by atoms with Crippen molar-refractivity contribution in [3.8, 4) is 0 Å². The molecule has 0 aliphatic carbocycles. The molecule has 3 N–H and O–H groups in total. The molecule has 0 atom stereocenters. The van der Waals surface area contributed by atoms with Crippen LogP contribution in [0.25, 0.3) is 0 Å². The monoisotopic (exact) mass is 392 g/mol. The van der Waals surface area contributed by atoms with Gasteiger partial charge in [0.2, 0.25) is 5.88 Å². The number of halogens is 1. The van der Waals surface area contributed by atoms with Crippen LogP contribution in [0.3, 0.4) is 0 Å². The van der Waals surface area contributed by atoms with E-state index in [-0.39, 0.29) is 11.3 Å². The summed E-state index contributed by atoms with van der Waals surface area (Å²) in [5.74, 6) is 0.398. The van der Waals surface area contributed by atoms with Gasteiger partial charge in [0.05, 0.1) is 5.69 Å². The number of rotatable bonds is 5. The van der Waals surface area contributed by atoms with Crippen molar-refractivity contribution in [2.75, 3.05) is 38.0 Å². The van der Waals surface area contributed by atoms with Crippen molar-refractivity contribution in [3.63, 3.8) is 0 Å². The summed E-state index contributed by atoms with van der Waals surface area (Å²) < 4.78 is 5.24. The Hall–Kier alpha value is -1.89. The molecule has 146 valence electrons. The molecule has 1 aromatic heterocycles. The van der Waals surface area contributed by atoms with E-state index in [0.29, 0.717) is 12.4 Å². The Morgan fingerprint density at radius 2 is 1.89 bits per heavy atom. The van der Waals surface area contributed by atoms with Gasteiger partial charge in [-0.25, -0.2) is 0 Å². The molecule has 1 aromatic carbocycles. The van der Waals surface area contributed by atoms with Crippen molar-refractivity contribution >= 4 is 23.4 Å². The summed E-state index contributed by atoms with van der Waals surface area (Å²) in [5, 5.41) is 7.65. The molecule has 7 heteroatoms. The van der Waals surface area contributed by atoms with E-state index < -0.39 is 0 Å². The fourth-order valence-electron chi connectivity index (χ4n) is 3.34. The summed E-state index contributed by atoms with van der Waals surface area (Å²) >= 11 is 6.07. The maximum absolute atomic E-state index is 12.3. The highest BCUT2D eigenvalue weighted by Crippen LogP contribution is 2.23. The van der Waals surface area contributed by atoms with E-state index in [1.807, 2.05) is 18.2 Å². The van der Waals surface area contributed by atoms with Gasteiger partial charge >= 0.3 is 0 Å². The Morgan fingerprint density at radius 3 is 2.52 bits per heavy atom. The van der Waals surface area contributed by atoms with Crippen molar-refractivity contribution in [1.82, 2.24) is 5.16 Å². The molecule has 1 aliphatic rings. The van der Waals surface area contributed by atoms with E-state index in [9.17, 15) is 4.79 Å². The summed E-state index contributed by atoms with van der Waals surface area (Å²) in [5.41, 5.74) is 2.00. The second kappa shape index (κ2) is 8.42. The van der Waals surface area contributed by atoms with Crippen molar-refractivity contribution < 1.29 is 19.1 Å². The van der Waals surface area contributed by atoms with Crippen LogP contribution in [-0.4, -0.2) is 43.8 Å². The number of piperazine rings is 1. The second-order valence-electron chi connectivity index (χ2n) is 8.36. The minimum Gasteiger partial charge on any atom is -0.338 e. The molecular formula is C20H29ClN4O2+2. The minimum absolute atomic E-state index is 0.0279. The highest BCUT2D eigenvalue weighted by molar-refractivity contribution is 6.30. The van der Waals surface area contributed by atoms with Crippen LogP contribution in [0.2, 0.25) is 5.02 Å². The normalized spacial score (nSPS) is 20.4. The van der Waals surface area contributed by atoms with Crippen LogP contribution in [-0.2, 0) is 16.8 Å². The van der Waals surface area contributed by atoms with E-state index in [0.717, 1.165) is 43.4 Å². The molecule has 3 rings (SSSR count). The number of quaternary nitrogens is 2. The molecule has 2 heterocycles. The van der Waals surface area contributed by atoms with Crippen molar-refractivity contribution in [2.24, 2.45) is 0 Å². The molecular weight excluding hydrogens is 364 g/mol. The summed E-state index contributed by atoms with van der Waals surface area (Å²) in [4.78, 5) is 15.1. The van der Waals surface area contributed by atoms with Crippen LogP contribution in [0.4, 0.5) is 5.88 Å². The number of benzene rings is 1. The van der Waals surface area contributed by atoms with E-state index in [1.54, 1.807) is 6.07 Å².